The molecule has 13 heavy (non-hydrogen) atoms. The van der Waals surface area contributed by atoms with Crippen molar-refractivity contribution >= 4 is 10.0 Å². The Labute approximate surface area is 80.4 Å². The lowest BCUT2D eigenvalue weighted by atomic mass is 10.3. The maximum Gasteiger partial charge on any atom is 0.216 e. The van der Waals surface area contributed by atoms with Crippen molar-refractivity contribution < 1.29 is 13.5 Å². The highest BCUT2D eigenvalue weighted by atomic mass is 32.2. The van der Waals surface area contributed by atoms with Crippen LogP contribution in [0.5, 0.6) is 0 Å². The molecule has 5 heteroatoms. The topological polar surface area (TPSA) is 66.4 Å². The molecule has 0 saturated heterocycles. The molecule has 4 nitrogen and oxygen atoms in total. The Kier molecular flexibility index (Phi) is 4.35. The van der Waals surface area contributed by atoms with E-state index in [2.05, 4.69) is 4.72 Å². The van der Waals surface area contributed by atoms with Crippen molar-refractivity contribution in [2.24, 2.45) is 0 Å². The molecule has 0 amide bonds. The first-order chi connectivity index (χ1) is 5.74. The average molecular weight is 209 g/mol. The zero-order chi connectivity index (χ0) is 10.7. The van der Waals surface area contributed by atoms with Gasteiger partial charge in [-0.25, -0.2) is 13.1 Å². The second-order valence-electron chi connectivity index (χ2n) is 4.02. The molecule has 0 saturated carbocycles. The predicted octanol–water partition coefficient (Wildman–Crippen LogP) is 0.475. The van der Waals surface area contributed by atoms with E-state index in [1.807, 2.05) is 6.92 Å². The van der Waals surface area contributed by atoms with Gasteiger partial charge in [0, 0.05) is 6.04 Å². The van der Waals surface area contributed by atoms with E-state index < -0.39 is 14.8 Å². The maximum absolute atomic E-state index is 11.6. The molecule has 0 heterocycles. The molecule has 0 aromatic heterocycles. The third-order valence-electron chi connectivity index (χ3n) is 1.84. The third kappa shape index (κ3) is 3.62. The first kappa shape index (κ1) is 12.9. The number of nitrogens with one attached hydrogen (secondary N) is 1. The van der Waals surface area contributed by atoms with Gasteiger partial charge in [-0.2, -0.15) is 0 Å². The van der Waals surface area contributed by atoms with E-state index in [1.54, 1.807) is 20.8 Å². The average Bonchev–Trinajstić information content (AvgIpc) is 1.98. The van der Waals surface area contributed by atoms with E-state index in [1.165, 1.54) is 0 Å². The molecule has 0 aliphatic rings. The lowest BCUT2D eigenvalue weighted by Gasteiger charge is -2.23. The van der Waals surface area contributed by atoms with Crippen molar-refractivity contribution in [2.75, 3.05) is 6.61 Å². The fourth-order valence-corrected chi connectivity index (χ4v) is 1.68. The highest BCUT2D eigenvalue weighted by Gasteiger charge is 2.30. The Bertz CT molecular complexity index is 237. The summed E-state index contributed by atoms with van der Waals surface area (Å²) in [5, 5.41) is 8.83. The van der Waals surface area contributed by atoms with Crippen LogP contribution < -0.4 is 4.72 Å². The highest BCUT2D eigenvalue weighted by molar-refractivity contribution is 7.90. The minimum atomic E-state index is -3.33. The smallest absolute Gasteiger partial charge is 0.216 e. The van der Waals surface area contributed by atoms with Crippen LogP contribution in [0.3, 0.4) is 0 Å². The molecule has 0 aromatic carbocycles. The van der Waals surface area contributed by atoms with Gasteiger partial charge in [-0.1, -0.05) is 6.92 Å². The number of aliphatic hydroxyl groups is 1. The van der Waals surface area contributed by atoms with Gasteiger partial charge in [0.05, 0.1) is 11.4 Å². The van der Waals surface area contributed by atoms with Crippen LogP contribution in [-0.2, 0) is 10.0 Å². The standard InChI is InChI=1S/C8H19NO3S/c1-5-7(6-10)9-13(11,12)8(2,3)4/h7,9-10H,5-6H2,1-4H3/t7-/m1/s1. The van der Waals surface area contributed by atoms with Crippen molar-refractivity contribution in [3.8, 4) is 0 Å². The molecule has 0 radical (unpaired) electrons. The minimum absolute atomic E-state index is 0.161. The van der Waals surface area contributed by atoms with Gasteiger partial charge in [-0.05, 0) is 27.2 Å². The number of aliphatic hydroxyl groups excluding tert-OH is 1. The summed E-state index contributed by atoms with van der Waals surface area (Å²) in [4.78, 5) is 0. The van der Waals surface area contributed by atoms with Crippen LogP contribution in [-0.4, -0.2) is 30.9 Å². The van der Waals surface area contributed by atoms with Crippen LogP contribution in [0.1, 0.15) is 34.1 Å². The van der Waals surface area contributed by atoms with Gasteiger partial charge < -0.3 is 5.11 Å². The van der Waals surface area contributed by atoms with Crippen LogP contribution in [0.4, 0.5) is 0 Å². The van der Waals surface area contributed by atoms with Gasteiger partial charge in [0.15, 0.2) is 0 Å². The first-order valence-corrected chi connectivity index (χ1v) is 5.85. The predicted molar refractivity (Wildman–Crippen MR) is 53.0 cm³/mol. The zero-order valence-corrected chi connectivity index (χ0v) is 9.48. The summed E-state index contributed by atoms with van der Waals surface area (Å²) in [6.07, 6.45) is 0.589. The number of hydrogen-bond donors (Lipinski definition) is 2. The molecular weight excluding hydrogens is 190 g/mol. The quantitative estimate of drug-likeness (QED) is 0.707. The minimum Gasteiger partial charge on any atom is -0.395 e. The van der Waals surface area contributed by atoms with E-state index in [0.29, 0.717) is 6.42 Å². The van der Waals surface area contributed by atoms with Crippen molar-refractivity contribution in [2.45, 2.75) is 44.9 Å². The lowest BCUT2D eigenvalue weighted by molar-refractivity contribution is 0.253. The van der Waals surface area contributed by atoms with Gasteiger partial charge >= 0.3 is 0 Å². The molecular formula is C8H19NO3S. The summed E-state index contributed by atoms with van der Waals surface area (Å²) in [5.41, 5.74) is 0. The van der Waals surface area contributed by atoms with Crippen LogP contribution in [0.2, 0.25) is 0 Å². The van der Waals surface area contributed by atoms with E-state index in [4.69, 9.17) is 5.11 Å². The Balaban J connectivity index is 4.52. The normalized spacial score (nSPS) is 15.8. The van der Waals surface area contributed by atoms with Gasteiger partial charge in [0.25, 0.3) is 0 Å². The van der Waals surface area contributed by atoms with E-state index in [0.717, 1.165) is 0 Å². The SMILES string of the molecule is CC[C@H](CO)NS(=O)(=O)C(C)(C)C. The molecule has 0 bridgehead atoms. The van der Waals surface area contributed by atoms with Gasteiger partial charge in [-0.3, -0.25) is 0 Å². The van der Waals surface area contributed by atoms with E-state index >= 15 is 0 Å². The summed E-state index contributed by atoms with van der Waals surface area (Å²) in [6.45, 7) is 6.54. The second kappa shape index (κ2) is 4.39. The van der Waals surface area contributed by atoms with Crippen LogP contribution in [0.15, 0.2) is 0 Å². The van der Waals surface area contributed by atoms with Gasteiger partial charge in [-0.15, -0.1) is 0 Å². The van der Waals surface area contributed by atoms with Gasteiger partial charge in [0.1, 0.15) is 0 Å². The largest absolute Gasteiger partial charge is 0.395 e. The number of rotatable bonds is 4. The molecule has 1 atom stereocenters. The lowest BCUT2D eigenvalue weighted by Crippen LogP contribution is -2.45. The summed E-state index contributed by atoms with van der Waals surface area (Å²) in [7, 11) is -3.33. The first-order valence-electron chi connectivity index (χ1n) is 4.37. The van der Waals surface area contributed by atoms with Crippen molar-refractivity contribution in [3.05, 3.63) is 0 Å². The van der Waals surface area contributed by atoms with Crippen molar-refractivity contribution in [3.63, 3.8) is 0 Å². The molecule has 0 aliphatic carbocycles. The summed E-state index contributed by atoms with van der Waals surface area (Å²) >= 11 is 0. The van der Waals surface area contributed by atoms with Crippen LogP contribution >= 0.6 is 0 Å². The summed E-state index contributed by atoms with van der Waals surface area (Å²) in [6, 6.07) is -0.371. The molecule has 0 unspecified atom stereocenters. The Hall–Kier alpha value is -0.130. The fourth-order valence-electron chi connectivity index (χ4n) is 0.646. The molecule has 80 valence electrons. The molecule has 0 aliphatic heterocycles. The summed E-state index contributed by atoms with van der Waals surface area (Å²) in [5.74, 6) is 0. The number of sulfonamides is 1. The number of hydrogen-bond acceptors (Lipinski definition) is 3. The zero-order valence-electron chi connectivity index (χ0n) is 8.66. The summed E-state index contributed by atoms with van der Waals surface area (Å²) < 4.78 is 24.7. The van der Waals surface area contributed by atoms with Crippen LogP contribution in [0, 0.1) is 0 Å². The fraction of sp³-hybridized carbons (Fsp3) is 1.00. The van der Waals surface area contributed by atoms with Crippen molar-refractivity contribution in [1.29, 1.82) is 0 Å². The Morgan fingerprint density at radius 2 is 1.85 bits per heavy atom. The highest BCUT2D eigenvalue weighted by Crippen LogP contribution is 2.14. The Morgan fingerprint density at radius 3 is 2.08 bits per heavy atom. The molecule has 0 aromatic rings. The third-order valence-corrected chi connectivity index (χ3v) is 4.10. The Morgan fingerprint density at radius 1 is 1.38 bits per heavy atom. The van der Waals surface area contributed by atoms with E-state index in [-0.39, 0.29) is 12.6 Å². The second-order valence-corrected chi connectivity index (χ2v) is 6.49. The van der Waals surface area contributed by atoms with Crippen LogP contribution in [0.25, 0.3) is 0 Å². The van der Waals surface area contributed by atoms with Crippen molar-refractivity contribution in [1.82, 2.24) is 4.72 Å². The molecule has 0 spiro atoms. The molecule has 0 rings (SSSR count). The van der Waals surface area contributed by atoms with Gasteiger partial charge in [0.2, 0.25) is 10.0 Å². The molecule has 2 N–H and O–H groups in total. The maximum atomic E-state index is 11.6. The molecule has 0 fully saturated rings. The van der Waals surface area contributed by atoms with E-state index in [9.17, 15) is 8.42 Å². The monoisotopic (exact) mass is 209 g/mol.